The quantitative estimate of drug-likeness (QED) is 0.741. The fraction of sp³-hybridized carbons (Fsp3) is 0.529. The molecule has 0 radical (unpaired) electrons. The fourth-order valence-corrected chi connectivity index (χ4v) is 3.13. The van der Waals surface area contributed by atoms with Gasteiger partial charge in [0.15, 0.2) is 0 Å². The fourth-order valence-electron chi connectivity index (χ4n) is 2.87. The number of carbonyl (C=O) groups is 2. The Balaban J connectivity index is 1.93. The molecule has 1 aliphatic rings. The van der Waals surface area contributed by atoms with Crippen molar-refractivity contribution in [2.45, 2.75) is 44.6 Å². The Hall–Kier alpha value is -1.40. The SMILES string of the molecule is CCOC(=O)C1(NCC(=O)Nc2ccc(Br)cc2)CCCCC1. The summed E-state index contributed by atoms with van der Waals surface area (Å²) < 4.78 is 6.17. The molecule has 5 nitrogen and oxygen atoms in total. The molecule has 0 atom stereocenters. The molecule has 126 valence electrons. The van der Waals surface area contributed by atoms with Gasteiger partial charge in [0.05, 0.1) is 13.2 Å². The molecular weight excluding hydrogens is 360 g/mol. The minimum atomic E-state index is -0.717. The average Bonchev–Trinajstić information content (AvgIpc) is 2.56. The number of esters is 1. The first-order chi connectivity index (χ1) is 11.1. The highest BCUT2D eigenvalue weighted by Crippen LogP contribution is 2.29. The van der Waals surface area contributed by atoms with E-state index in [9.17, 15) is 9.59 Å². The van der Waals surface area contributed by atoms with Gasteiger partial charge >= 0.3 is 5.97 Å². The van der Waals surface area contributed by atoms with Gasteiger partial charge in [-0.2, -0.15) is 0 Å². The highest BCUT2D eigenvalue weighted by atomic mass is 79.9. The summed E-state index contributed by atoms with van der Waals surface area (Å²) in [4.78, 5) is 24.4. The summed E-state index contributed by atoms with van der Waals surface area (Å²) in [6.07, 6.45) is 4.50. The van der Waals surface area contributed by atoms with E-state index in [0.717, 1.165) is 42.3 Å². The third kappa shape index (κ3) is 5.04. The van der Waals surface area contributed by atoms with Crippen LogP contribution in [0.1, 0.15) is 39.0 Å². The average molecular weight is 383 g/mol. The molecule has 0 heterocycles. The normalized spacial score (nSPS) is 16.6. The summed E-state index contributed by atoms with van der Waals surface area (Å²) in [6.45, 7) is 2.25. The standard InChI is InChI=1S/C17H23BrN2O3/c1-2-23-16(22)17(10-4-3-5-11-17)19-12-15(21)20-14-8-6-13(18)7-9-14/h6-9,19H,2-5,10-12H2,1H3,(H,20,21). The summed E-state index contributed by atoms with van der Waals surface area (Å²) in [5.41, 5.74) is 0.0134. The molecule has 1 amide bonds. The predicted octanol–water partition coefficient (Wildman–Crippen LogP) is 3.24. The van der Waals surface area contributed by atoms with E-state index >= 15 is 0 Å². The first-order valence-electron chi connectivity index (χ1n) is 8.03. The van der Waals surface area contributed by atoms with E-state index in [1.165, 1.54) is 0 Å². The van der Waals surface area contributed by atoms with Crippen LogP contribution in [0.15, 0.2) is 28.7 Å². The predicted molar refractivity (Wildman–Crippen MR) is 93.2 cm³/mol. The third-order valence-electron chi connectivity index (χ3n) is 4.09. The molecule has 23 heavy (non-hydrogen) atoms. The van der Waals surface area contributed by atoms with E-state index in [-0.39, 0.29) is 18.4 Å². The number of hydrogen-bond donors (Lipinski definition) is 2. The molecule has 0 spiro atoms. The number of anilines is 1. The Kier molecular flexibility index (Phi) is 6.59. The molecule has 1 aromatic rings. The van der Waals surface area contributed by atoms with Crippen molar-refractivity contribution in [3.8, 4) is 0 Å². The van der Waals surface area contributed by atoms with Crippen LogP contribution in [-0.4, -0.2) is 30.6 Å². The molecule has 6 heteroatoms. The Labute approximate surface area is 145 Å². The summed E-state index contributed by atoms with van der Waals surface area (Å²) in [6, 6.07) is 7.38. The second kappa shape index (κ2) is 8.45. The largest absolute Gasteiger partial charge is 0.465 e. The summed E-state index contributed by atoms with van der Waals surface area (Å²) >= 11 is 3.36. The highest BCUT2D eigenvalue weighted by molar-refractivity contribution is 9.10. The summed E-state index contributed by atoms with van der Waals surface area (Å²) in [7, 11) is 0. The molecular formula is C17H23BrN2O3. The van der Waals surface area contributed by atoms with Crippen LogP contribution in [0.3, 0.4) is 0 Å². The van der Waals surface area contributed by atoms with Crippen LogP contribution in [0.4, 0.5) is 5.69 Å². The van der Waals surface area contributed by atoms with Gasteiger partial charge < -0.3 is 10.1 Å². The molecule has 0 aliphatic heterocycles. The van der Waals surface area contributed by atoms with Gasteiger partial charge in [0.1, 0.15) is 5.54 Å². The Morgan fingerprint density at radius 1 is 1.17 bits per heavy atom. The van der Waals surface area contributed by atoms with Crippen LogP contribution >= 0.6 is 15.9 Å². The molecule has 0 bridgehead atoms. The van der Waals surface area contributed by atoms with Gasteiger partial charge in [-0.15, -0.1) is 0 Å². The van der Waals surface area contributed by atoms with E-state index in [1.54, 1.807) is 6.92 Å². The summed E-state index contributed by atoms with van der Waals surface area (Å²) in [5, 5.41) is 5.98. The van der Waals surface area contributed by atoms with Crippen LogP contribution in [0.25, 0.3) is 0 Å². The van der Waals surface area contributed by atoms with Crippen LogP contribution in [-0.2, 0) is 14.3 Å². The minimum absolute atomic E-state index is 0.0921. The lowest BCUT2D eigenvalue weighted by molar-refractivity contribution is -0.152. The van der Waals surface area contributed by atoms with Gasteiger partial charge in [0.2, 0.25) is 5.91 Å². The lowest BCUT2D eigenvalue weighted by Crippen LogP contribution is -2.56. The van der Waals surface area contributed by atoms with Gasteiger partial charge in [-0.05, 0) is 44.0 Å². The second-order valence-electron chi connectivity index (χ2n) is 5.77. The van der Waals surface area contributed by atoms with E-state index in [1.807, 2.05) is 24.3 Å². The molecule has 2 N–H and O–H groups in total. The van der Waals surface area contributed by atoms with Crippen molar-refractivity contribution in [3.63, 3.8) is 0 Å². The Bertz CT molecular complexity index is 539. The van der Waals surface area contributed by atoms with E-state index in [4.69, 9.17) is 4.74 Å². The number of amides is 1. The molecule has 0 aromatic heterocycles. The Morgan fingerprint density at radius 3 is 2.43 bits per heavy atom. The number of hydrogen-bond acceptors (Lipinski definition) is 4. The van der Waals surface area contributed by atoms with E-state index in [2.05, 4.69) is 26.6 Å². The van der Waals surface area contributed by atoms with Gasteiger partial charge in [-0.3, -0.25) is 14.9 Å². The van der Waals surface area contributed by atoms with Crippen molar-refractivity contribution in [2.75, 3.05) is 18.5 Å². The van der Waals surface area contributed by atoms with Gasteiger partial charge in [0.25, 0.3) is 0 Å². The van der Waals surface area contributed by atoms with E-state index in [0.29, 0.717) is 6.61 Å². The van der Waals surface area contributed by atoms with Crippen molar-refractivity contribution in [2.24, 2.45) is 0 Å². The number of rotatable bonds is 6. The number of halogens is 1. The summed E-state index contributed by atoms with van der Waals surface area (Å²) in [5.74, 6) is -0.405. The third-order valence-corrected chi connectivity index (χ3v) is 4.62. The molecule has 1 fully saturated rings. The van der Waals surface area contributed by atoms with E-state index < -0.39 is 5.54 Å². The number of carbonyl (C=O) groups excluding carboxylic acids is 2. The molecule has 0 unspecified atom stereocenters. The van der Waals surface area contributed by atoms with Crippen molar-refractivity contribution < 1.29 is 14.3 Å². The molecule has 2 rings (SSSR count). The Morgan fingerprint density at radius 2 is 1.83 bits per heavy atom. The van der Waals surface area contributed by atoms with Crippen molar-refractivity contribution >= 4 is 33.5 Å². The maximum absolute atomic E-state index is 12.3. The molecule has 1 aliphatic carbocycles. The minimum Gasteiger partial charge on any atom is -0.465 e. The second-order valence-corrected chi connectivity index (χ2v) is 6.69. The first-order valence-corrected chi connectivity index (χ1v) is 8.83. The molecule has 1 saturated carbocycles. The van der Waals surface area contributed by atoms with Crippen LogP contribution < -0.4 is 10.6 Å². The molecule has 1 aromatic carbocycles. The zero-order valence-electron chi connectivity index (χ0n) is 13.4. The van der Waals surface area contributed by atoms with Crippen LogP contribution in [0.2, 0.25) is 0 Å². The van der Waals surface area contributed by atoms with Gasteiger partial charge in [0, 0.05) is 10.2 Å². The monoisotopic (exact) mass is 382 g/mol. The molecule has 0 saturated heterocycles. The number of benzene rings is 1. The van der Waals surface area contributed by atoms with Gasteiger partial charge in [-0.25, -0.2) is 0 Å². The lowest BCUT2D eigenvalue weighted by Gasteiger charge is -2.35. The van der Waals surface area contributed by atoms with Crippen molar-refractivity contribution in [3.05, 3.63) is 28.7 Å². The van der Waals surface area contributed by atoms with Crippen LogP contribution in [0, 0.1) is 0 Å². The topological polar surface area (TPSA) is 67.4 Å². The van der Waals surface area contributed by atoms with Crippen molar-refractivity contribution in [1.82, 2.24) is 5.32 Å². The maximum atomic E-state index is 12.3. The zero-order chi connectivity index (χ0) is 16.7. The van der Waals surface area contributed by atoms with Gasteiger partial charge in [-0.1, -0.05) is 35.2 Å². The first kappa shape index (κ1) is 17.9. The maximum Gasteiger partial charge on any atom is 0.326 e. The van der Waals surface area contributed by atoms with Crippen molar-refractivity contribution in [1.29, 1.82) is 0 Å². The zero-order valence-corrected chi connectivity index (χ0v) is 14.9. The lowest BCUT2D eigenvalue weighted by atomic mass is 9.81. The number of ether oxygens (including phenoxy) is 1. The van der Waals surface area contributed by atoms with Crippen LogP contribution in [0.5, 0.6) is 0 Å². The highest BCUT2D eigenvalue weighted by Gasteiger charge is 2.40. The number of nitrogens with one attached hydrogen (secondary N) is 2. The smallest absolute Gasteiger partial charge is 0.326 e.